The summed E-state index contributed by atoms with van der Waals surface area (Å²) in [5, 5.41) is 3.25. The Morgan fingerprint density at radius 1 is 0.974 bits per heavy atom. The van der Waals surface area contributed by atoms with Crippen LogP contribution in [-0.2, 0) is 26.2 Å². The topological polar surface area (TPSA) is 86.8 Å². The summed E-state index contributed by atoms with van der Waals surface area (Å²) >= 11 is 5.98. The molecule has 2 unspecified atom stereocenters. The first-order valence-electron chi connectivity index (χ1n) is 12.6. The Labute approximate surface area is 234 Å². The molecule has 0 spiro atoms. The number of para-hydroxylation sites is 1. The van der Waals surface area contributed by atoms with E-state index >= 15 is 0 Å². The molecule has 3 rings (SSSR count). The van der Waals surface area contributed by atoms with Gasteiger partial charge in [-0.25, -0.2) is 12.8 Å². The van der Waals surface area contributed by atoms with E-state index in [1.165, 1.54) is 53.4 Å². The van der Waals surface area contributed by atoms with Gasteiger partial charge in [0.25, 0.3) is 10.0 Å². The van der Waals surface area contributed by atoms with Gasteiger partial charge in [-0.1, -0.05) is 48.9 Å². The Morgan fingerprint density at radius 2 is 1.59 bits per heavy atom. The molecule has 0 aromatic heterocycles. The van der Waals surface area contributed by atoms with Gasteiger partial charge in [-0.05, 0) is 80.8 Å². The molecule has 3 aromatic carbocycles. The van der Waals surface area contributed by atoms with Crippen LogP contribution in [0.1, 0.15) is 38.3 Å². The van der Waals surface area contributed by atoms with Crippen LogP contribution in [0.4, 0.5) is 10.1 Å². The van der Waals surface area contributed by atoms with Crippen LogP contribution in [0.3, 0.4) is 0 Å². The zero-order valence-electron chi connectivity index (χ0n) is 22.4. The highest BCUT2D eigenvalue weighted by molar-refractivity contribution is 7.92. The van der Waals surface area contributed by atoms with E-state index in [2.05, 4.69) is 5.32 Å². The van der Waals surface area contributed by atoms with Crippen LogP contribution in [0, 0.1) is 12.7 Å². The molecular weight excluding hydrogens is 541 g/mol. The van der Waals surface area contributed by atoms with Crippen molar-refractivity contribution in [2.45, 2.75) is 57.6 Å². The molecule has 0 bridgehead atoms. The predicted molar refractivity (Wildman–Crippen MR) is 151 cm³/mol. The van der Waals surface area contributed by atoms with Crippen LogP contribution < -0.4 is 9.62 Å². The van der Waals surface area contributed by atoms with Gasteiger partial charge in [0.05, 0.1) is 10.6 Å². The summed E-state index contributed by atoms with van der Waals surface area (Å²) in [6.07, 6.45) is 0.699. The van der Waals surface area contributed by atoms with E-state index in [1.807, 2.05) is 13.8 Å². The van der Waals surface area contributed by atoms with Crippen LogP contribution in [0.25, 0.3) is 0 Å². The second-order valence-corrected chi connectivity index (χ2v) is 11.7. The number of hydrogen-bond acceptors (Lipinski definition) is 4. The van der Waals surface area contributed by atoms with E-state index in [0.717, 1.165) is 4.31 Å². The minimum absolute atomic E-state index is 0.0171. The molecule has 2 atom stereocenters. The van der Waals surface area contributed by atoms with Gasteiger partial charge < -0.3 is 10.2 Å². The first-order valence-corrected chi connectivity index (χ1v) is 14.4. The highest BCUT2D eigenvalue weighted by Crippen LogP contribution is 2.28. The van der Waals surface area contributed by atoms with Crippen molar-refractivity contribution in [3.05, 3.63) is 94.8 Å². The molecule has 2 amide bonds. The summed E-state index contributed by atoms with van der Waals surface area (Å²) in [4.78, 5) is 28.2. The molecule has 0 saturated carbocycles. The Balaban J connectivity index is 2.03. The molecule has 0 aliphatic carbocycles. The minimum Gasteiger partial charge on any atom is -0.352 e. The monoisotopic (exact) mass is 573 g/mol. The van der Waals surface area contributed by atoms with Gasteiger partial charge in [-0.3, -0.25) is 13.9 Å². The van der Waals surface area contributed by atoms with E-state index in [1.54, 1.807) is 38.1 Å². The number of benzene rings is 3. The zero-order chi connectivity index (χ0) is 28.7. The maximum Gasteiger partial charge on any atom is 0.264 e. The molecule has 0 heterocycles. The quantitative estimate of drug-likeness (QED) is 0.337. The molecule has 39 heavy (non-hydrogen) atoms. The second-order valence-electron chi connectivity index (χ2n) is 9.39. The predicted octanol–water partition coefficient (Wildman–Crippen LogP) is 5.31. The normalized spacial score (nSPS) is 12.9. The maximum atomic E-state index is 13.9. The van der Waals surface area contributed by atoms with E-state index in [0.29, 0.717) is 28.3 Å². The number of aryl methyl sites for hydroxylation is 1. The van der Waals surface area contributed by atoms with E-state index in [-0.39, 0.29) is 23.4 Å². The molecule has 3 aromatic rings. The first-order chi connectivity index (χ1) is 18.4. The number of hydrogen-bond donors (Lipinski definition) is 1. The van der Waals surface area contributed by atoms with Crippen LogP contribution >= 0.6 is 11.6 Å². The number of carbonyl (C=O) groups excluding carboxylic acids is 2. The van der Waals surface area contributed by atoms with Gasteiger partial charge in [-0.2, -0.15) is 0 Å². The van der Waals surface area contributed by atoms with Crippen molar-refractivity contribution in [3.8, 4) is 0 Å². The van der Waals surface area contributed by atoms with Gasteiger partial charge >= 0.3 is 0 Å². The fourth-order valence-corrected chi connectivity index (χ4v) is 5.53. The molecule has 1 N–H and O–H groups in total. The molecule has 0 aliphatic rings. The fraction of sp³-hybridized carbons (Fsp3) is 0.310. The first kappa shape index (κ1) is 30.1. The Hall–Kier alpha value is -3.43. The van der Waals surface area contributed by atoms with Crippen LogP contribution in [0.2, 0.25) is 5.02 Å². The van der Waals surface area contributed by atoms with Crippen molar-refractivity contribution in [2.24, 2.45) is 0 Å². The van der Waals surface area contributed by atoms with Crippen LogP contribution in [0.5, 0.6) is 0 Å². The maximum absolute atomic E-state index is 13.9. The standard InChI is InChI=1S/C29H33ClFN3O4S/c1-5-21(3)32-29(36)22(4)33(18-23-10-14-25(31)15-11-23)28(35)19-34(27-9-7-6-8-20(27)2)39(37,38)26-16-12-24(30)13-17-26/h6-17,21-22H,5,18-19H2,1-4H3,(H,32,36). The third-order valence-electron chi connectivity index (χ3n) is 6.50. The van der Waals surface area contributed by atoms with Gasteiger partial charge in [0, 0.05) is 17.6 Å². The SMILES string of the molecule is CCC(C)NC(=O)C(C)N(Cc1ccc(F)cc1)C(=O)CN(c1ccccc1C)S(=O)(=O)c1ccc(Cl)cc1. The molecule has 0 fully saturated rings. The van der Waals surface area contributed by atoms with Gasteiger partial charge in [-0.15, -0.1) is 0 Å². The van der Waals surface area contributed by atoms with Gasteiger partial charge in [0.15, 0.2) is 0 Å². The smallest absolute Gasteiger partial charge is 0.264 e. The lowest BCUT2D eigenvalue weighted by Crippen LogP contribution is -2.52. The molecular formula is C29H33ClFN3O4S. The Bertz CT molecular complexity index is 1400. The molecule has 208 valence electrons. The molecule has 7 nitrogen and oxygen atoms in total. The van der Waals surface area contributed by atoms with E-state index in [4.69, 9.17) is 11.6 Å². The average molecular weight is 574 g/mol. The molecule has 0 aliphatic heterocycles. The lowest BCUT2D eigenvalue weighted by molar-refractivity contribution is -0.139. The number of nitrogens with zero attached hydrogens (tertiary/aromatic N) is 2. The Kier molecular flexibility index (Phi) is 10.1. The summed E-state index contributed by atoms with van der Waals surface area (Å²) in [6, 6.07) is 17.1. The van der Waals surface area contributed by atoms with Crippen molar-refractivity contribution in [3.63, 3.8) is 0 Å². The number of carbonyl (C=O) groups is 2. The summed E-state index contributed by atoms with van der Waals surface area (Å²) in [5.41, 5.74) is 1.57. The lowest BCUT2D eigenvalue weighted by Gasteiger charge is -2.33. The third kappa shape index (κ3) is 7.58. The summed E-state index contributed by atoms with van der Waals surface area (Å²) in [6.45, 7) is 6.55. The highest BCUT2D eigenvalue weighted by atomic mass is 35.5. The highest BCUT2D eigenvalue weighted by Gasteiger charge is 2.33. The van der Waals surface area contributed by atoms with Crippen molar-refractivity contribution in [2.75, 3.05) is 10.8 Å². The molecule has 0 radical (unpaired) electrons. The van der Waals surface area contributed by atoms with Crippen LogP contribution in [-0.4, -0.2) is 43.8 Å². The Morgan fingerprint density at radius 3 is 2.18 bits per heavy atom. The number of anilines is 1. The summed E-state index contributed by atoms with van der Waals surface area (Å²) < 4.78 is 42.2. The van der Waals surface area contributed by atoms with Gasteiger partial charge in [0.1, 0.15) is 18.4 Å². The van der Waals surface area contributed by atoms with Crippen molar-refractivity contribution in [1.82, 2.24) is 10.2 Å². The largest absolute Gasteiger partial charge is 0.352 e. The number of sulfonamides is 1. The van der Waals surface area contributed by atoms with E-state index in [9.17, 15) is 22.4 Å². The number of halogens is 2. The number of nitrogens with one attached hydrogen (secondary N) is 1. The lowest BCUT2D eigenvalue weighted by atomic mass is 10.1. The fourth-order valence-electron chi connectivity index (χ4n) is 3.93. The van der Waals surface area contributed by atoms with Gasteiger partial charge in [0.2, 0.25) is 11.8 Å². The summed E-state index contributed by atoms with van der Waals surface area (Å²) in [5.74, 6) is -1.39. The van der Waals surface area contributed by atoms with Crippen molar-refractivity contribution in [1.29, 1.82) is 0 Å². The number of amides is 2. The average Bonchev–Trinajstić information content (AvgIpc) is 2.91. The van der Waals surface area contributed by atoms with E-state index < -0.39 is 34.3 Å². The molecule has 10 heteroatoms. The van der Waals surface area contributed by atoms with Crippen molar-refractivity contribution >= 4 is 39.1 Å². The number of rotatable bonds is 11. The second kappa shape index (κ2) is 13.1. The molecule has 0 saturated heterocycles. The van der Waals surface area contributed by atoms with Crippen molar-refractivity contribution < 1.29 is 22.4 Å². The minimum atomic E-state index is -4.19. The summed E-state index contributed by atoms with van der Waals surface area (Å²) in [7, 11) is -4.19. The third-order valence-corrected chi connectivity index (χ3v) is 8.53. The van der Waals surface area contributed by atoms with Crippen LogP contribution in [0.15, 0.2) is 77.7 Å². The zero-order valence-corrected chi connectivity index (χ0v) is 24.0.